The summed E-state index contributed by atoms with van der Waals surface area (Å²) >= 11 is 3.29. The Labute approximate surface area is 71.0 Å². The van der Waals surface area contributed by atoms with Crippen LogP contribution in [-0.2, 0) is 0 Å². The molecule has 0 unspecified atom stereocenters. The highest BCUT2D eigenvalue weighted by Gasteiger charge is 1.95. The first-order chi connectivity index (χ1) is 4.70. The first-order valence-electron chi connectivity index (χ1n) is 2.96. The van der Waals surface area contributed by atoms with Crippen LogP contribution in [0.4, 0.5) is 0 Å². The monoisotopic (exact) mass is 214 g/mol. The zero-order valence-corrected chi connectivity index (χ0v) is 9.18. The second-order valence-corrected chi connectivity index (χ2v) is 3.89. The lowest BCUT2D eigenvalue weighted by Gasteiger charge is -1.93. The number of hydrogen-bond acceptors (Lipinski definition) is 1. The summed E-state index contributed by atoms with van der Waals surface area (Å²) in [5, 5.41) is 0.243. The van der Waals surface area contributed by atoms with Gasteiger partial charge < -0.3 is 4.79 Å². The summed E-state index contributed by atoms with van der Waals surface area (Å²) < 4.78 is 1.01. The van der Waals surface area contributed by atoms with Gasteiger partial charge in [0, 0.05) is 10.0 Å². The minimum atomic E-state index is 0.243. The molecule has 10 heavy (non-hydrogen) atoms. The second kappa shape index (κ2) is 3.12. The molecule has 52 valence electrons. The lowest BCUT2D eigenvalue weighted by atomic mass is 10.2. The Morgan fingerprint density at radius 2 is 1.80 bits per heavy atom. The summed E-state index contributed by atoms with van der Waals surface area (Å²) in [6.45, 7) is 0. The molecule has 1 nitrogen and oxygen atoms in total. The molecule has 0 spiro atoms. The number of hydrogen-bond donors (Lipinski definition) is 0. The fourth-order valence-corrected chi connectivity index (χ4v) is 1.28. The van der Waals surface area contributed by atoms with Crippen LogP contribution in [0.1, 0.15) is 10.4 Å². The summed E-state index contributed by atoms with van der Waals surface area (Å²) in [7, 11) is 0.600. The van der Waals surface area contributed by atoms with Gasteiger partial charge >= 0.3 is 0 Å². The minimum Gasteiger partial charge on any atom is -0.301 e. The van der Waals surface area contributed by atoms with Gasteiger partial charge in [-0.3, -0.25) is 0 Å². The highest BCUT2D eigenvalue weighted by atomic mass is 79.9. The van der Waals surface area contributed by atoms with Crippen molar-refractivity contribution in [2.24, 2.45) is 0 Å². The van der Waals surface area contributed by atoms with Crippen molar-refractivity contribution < 1.29 is 4.79 Å². The van der Waals surface area contributed by atoms with Gasteiger partial charge in [-0.05, 0) is 12.1 Å². The predicted molar refractivity (Wildman–Crippen MR) is 48.4 cm³/mol. The average Bonchev–Trinajstić information content (AvgIpc) is 1.88. The fourth-order valence-electron chi connectivity index (χ4n) is 0.685. The van der Waals surface area contributed by atoms with E-state index in [-0.39, 0.29) is 5.41 Å². The molecule has 0 N–H and O–H groups in total. The van der Waals surface area contributed by atoms with E-state index >= 15 is 0 Å². The summed E-state index contributed by atoms with van der Waals surface area (Å²) in [4.78, 5) is 10.8. The summed E-state index contributed by atoms with van der Waals surface area (Å²) in [5.74, 6) is 0. The Morgan fingerprint density at radius 1 is 1.30 bits per heavy atom. The molecule has 3 heteroatoms. The third-order valence-corrected chi connectivity index (χ3v) is 2.36. The largest absolute Gasteiger partial charge is 0.301 e. The van der Waals surface area contributed by atoms with E-state index in [0.717, 1.165) is 10.0 Å². The molecule has 0 atom stereocenters. The van der Waals surface area contributed by atoms with Crippen molar-refractivity contribution in [3.05, 3.63) is 34.3 Å². The van der Waals surface area contributed by atoms with Crippen LogP contribution in [0.25, 0.3) is 0 Å². The molecule has 0 radical (unpaired) electrons. The maximum absolute atomic E-state index is 10.8. The van der Waals surface area contributed by atoms with Gasteiger partial charge in [0.25, 0.3) is 0 Å². The molecule has 1 rings (SSSR count). The fraction of sp³-hybridized carbons (Fsp3) is 0. The predicted octanol–water partition coefficient (Wildman–Crippen LogP) is 0.955. The normalized spacial score (nSPS) is 9.70. The highest BCUT2D eigenvalue weighted by molar-refractivity contribution is 9.10. The molecule has 0 aromatic heterocycles. The molecule has 0 fully saturated rings. The molecular formula is C7H7BrOSi. The van der Waals surface area contributed by atoms with Crippen LogP contribution in [0.3, 0.4) is 0 Å². The molecular weight excluding hydrogens is 208 g/mol. The molecule has 0 aliphatic rings. The van der Waals surface area contributed by atoms with Crippen LogP contribution >= 0.6 is 15.9 Å². The SMILES string of the molecule is O=C([SiH3])c1ccc(Br)cc1. The number of carbonyl (C=O) groups is 1. The summed E-state index contributed by atoms with van der Waals surface area (Å²) in [6.07, 6.45) is 0. The average molecular weight is 215 g/mol. The molecule has 0 saturated carbocycles. The van der Waals surface area contributed by atoms with Crippen molar-refractivity contribution >= 4 is 31.6 Å². The third kappa shape index (κ3) is 1.78. The van der Waals surface area contributed by atoms with Crippen LogP contribution in [0.5, 0.6) is 0 Å². The van der Waals surface area contributed by atoms with Crippen LogP contribution in [0, 0.1) is 0 Å². The molecule has 0 bridgehead atoms. The highest BCUT2D eigenvalue weighted by Crippen LogP contribution is 2.09. The first kappa shape index (κ1) is 7.69. The number of rotatable bonds is 1. The number of benzene rings is 1. The standard InChI is InChI=1S/C7H7BrOSi/c8-6-3-1-5(2-4-6)7(9)10/h1-4H,10H3. The van der Waals surface area contributed by atoms with Gasteiger partial charge in [0.1, 0.15) is 5.41 Å². The first-order valence-corrected chi connectivity index (χ1v) is 4.76. The minimum absolute atomic E-state index is 0.243. The third-order valence-electron chi connectivity index (χ3n) is 1.25. The van der Waals surface area contributed by atoms with Crippen LogP contribution in [0.15, 0.2) is 28.7 Å². The van der Waals surface area contributed by atoms with Crippen LogP contribution in [-0.4, -0.2) is 15.6 Å². The van der Waals surface area contributed by atoms with Crippen LogP contribution in [0.2, 0.25) is 0 Å². The van der Waals surface area contributed by atoms with E-state index in [0.29, 0.717) is 10.2 Å². The lowest BCUT2D eigenvalue weighted by Crippen LogP contribution is -1.95. The molecule has 0 heterocycles. The van der Waals surface area contributed by atoms with E-state index in [1.165, 1.54) is 0 Å². The van der Waals surface area contributed by atoms with Crippen molar-refractivity contribution in [1.29, 1.82) is 0 Å². The quantitative estimate of drug-likeness (QED) is 0.637. The molecule has 0 saturated heterocycles. The molecule has 1 aromatic rings. The van der Waals surface area contributed by atoms with Crippen molar-refractivity contribution in [2.45, 2.75) is 0 Å². The van der Waals surface area contributed by atoms with Crippen molar-refractivity contribution in [3.63, 3.8) is 0 Å². The summed E-state index contributed by atoms with van der Waals surface area (Å²) in [6, 6.07) is 7.43. The Hall–Kier alpha value is -0.413. The Morgan fingerprint density at radius 3 is 2.20 bits per heavy atom. The zero-order valence-electron chi connectivity index (χ0n) is 5.60. The van der Waals surface area contributed by atoms with Gasteiger partial charge in [-0.15, -0.1) is 0 Å². The lowest BCUT2D eigenvalue weighted by molar-refractivity contribution is 0.108. The Bertz CT molecular complexity index is 242. The Balaban J connectivity index is 3.00. The van der Waals surface area contributed by atoms with E-state index < -0.39 is 0 Å². The van der Waals surface area contributed by atoms with E-state index in [9.17, 15) is 4.79 Å². The van der Waals surface area contributed by atoms with Gasteiger partial charge in [-0.1, -0.05) is 28.1 Å². The molecule has 0 aliphatic heterocycles. The number of carbonyl (C=O) groups excluding carboxylic acids is 1. The molecule has 0 aliphatic carbocycles. The summed E-state index contributed by atoms with van der Waals surface area (Å²) in [5.41, 5.74) is 0.815. The van der Waals surface area contributed by atoms with Crippen LogP contribution < -0.4 is 0 Å². The topological polar surface area (TPSA) is 17.1 Å². The van der Waals surface area contributed by atoms with E-state index in [4.69, 9.17) is 0 Å². The van der Waals surface area contributed by atoms with Gasteiger partial charge in [-0.25, -0.2) is 0 Å². The smallest absolute Gasteiger partial charge is 0.129 e. The van der Waals surface area contributed by atoms with Gasteiger partial charge in [0.15, 0.2) is 0 Å². The van der Waals surface area contributed by atoms with Gasteiger partial charge in [0.2, 0.25) is 0 Å². The molecule has 0 amide bonds. The second-order valence-electron chi connectivity index (χ2n) is 2.06. The molecule has 1 aromatic carbocycles. The Kier molecular flexibility index (Phi) is 2.40. The van der Waals surface area contributed by atoms with Crippen molar-refractivity contribution in [3.8, 4) is 0 Å². The maximum atomic E-state index is 10.8. The van der Waals surface area contributed by atoms with E-state index in [1.807, 2.05) is 24.3 Å². The van der Waals surface area contributed by atoms with Crippen molar-refractivity contribution in [2.75, 3.05) is 0 Å². The van der Waals surface area contributed by atoms with Gasteiger partial charge in [0.05, 0.1) is 10.2 Å². The maximum Gasteiger partial charge on any atom is 0.129 e. The van der Waals surface area contributed by atoms with Crippen molar-refractivity contribution in [1.82, 2.24) is 0 Å². The van der Waals surface area contributed by atoms with E-state index in [2.05, 4.69) is 15.9 Å². The van der Waals surface area contributed by atoms with E-state index in [1.54, 1.807) is 0 Å². The number of halogens is 1. The zero-order chi connectivity index (χ0) is 7.56. The van der Waals surface area contributed by atoms with Gasteiger partial charge in [-0.2, -0.15) is 0 Å².